The van der Waals surface area contributed by atoms with Gasteiger partial charge in [0.05, 0.1) is 42.1 Å². The molecule has 3 aromatic rings. The second kappa shape index (κ2) is 7.33. The van der Waals surface area contributed by atoms with Gasteiger partial charge in [-0.05, 0) is 17.9 Å². The van der Waals surface area contributed by atoms with Gasteiger partial charge in [0, 0.05) is 10.8 Å². The quantitative estimate of drug-likeness (QED) is 0.638. The predicted molar refractivity (Wildman–Crippen MR) is 102 cm³/mol. The van der Waals surface area contributed by atoms with Crippen molar-refractivity contribution in [1.29, 1.82) is 0 Å². The van der Waals surface area contributed by atoms with Crippen LogP contribution in [-0.4, -0.2) is 22.7 Å². The van der Waals surface area contributed by atoms with E-state index in [2.05, 4.69) is 34.4 Å². The lowest BCUT2D eigenvalue weighted by molar-refractivity contribution is -0.0223. The van der Waals surface area contributed by atoms with Crippen molar-refractivity contribution in [2.45, 2.75) is 32.2 Å². The zero-order chi connectivity index (χ0) is 17.2. The number of aromatic amines is 1. The number of thiophene rings is 1. The first kappa shape index (κ1) is 16.8. The number of rotatable bonds is 5. The third-order valence-electron chi connectivity index (χ3n) is 4.60. The molecule has 6 heteroatoms. The molecule has 3 atom stereocenters. The van der Waals surface area contributed by atoms with Crippen LogP contribution in [0.1, 0.15) is 29.9 Å². The van der Waals surface area contributed by atoms with Crippen molar-refractivity contribution < 1.29 is 9.47 Å². The van der Waals surface area contributed by atoms with E-state index in [1.54, 1.807) is 17.7 Å². The van der Waals surface area contributed by atoms with Crippen LogP contribution < -0.4 is 0 Å². The van der Waals surface area contributed by atoms with Gasteiger partial charge in [0.1, 0.15) is 4.64 Å². The maximum Gasteiger partial charge on any atom is 0.138 e. The fourth-order valence-electron chi connectivity index (χ4n) is 3.36. The van der Waals surface area contributed by atoms with Crippen molar-refractivity contribution in [3.05, 3.63) is 57.1 Å². The van der Waals surface area contributed by atoms with Gasteiger partial charge in [-0.3, -0.25) is 0 Å². The Morgan fingerprint density at radius 1 is 1.36 bits per heavy atom. The summed E-state index contributed by atoms with van der Waals surface area (Å²) in [5.74, 6) is 0.447. The molecule has 2 aromatic heterocycles. The Bertz CT molecular complexity index is 906. The zero-order valence-electron chi connectivity index (χ0n) is 14.0. The highest BCUT2D eigenvalue weighted by Gasteiger charge is 2.35. The number of hydrogen-bond acceptors (Lipinski definition) is 5. The van der Waals surface area contributed by atoms with Crippen molar-refractivity contribution in [2.75, 3.05) is 6.61 Å². The molecule has 0 amide bonds. The molecule has 0 bridgehead atoms. The molecule has 25 heavy (non-hydrogen) atoms. The molecule has 3 heterocycles. The van der Waals surface area contributed by atoms with Crippen molar-refractivity contribution >= 4 is 34.5 Å². The Kier molecular flexibility index (Phi) is 4.94. The normalized spacial score (nSPS) is 23.3. The minimum atomic E-state index is 0.0841. The molecule has 1 aliphatic rings. The molecule has 1 saturated heterocycles. The standard InChI is InChI=1S/C19H20N2O2S2/c1-12-7-14(9-22-8-13-5-3-2-4-6-13)23-17(12)18-16-15(10-25-18)19(24)21-11-20-16/h2-6,10-12,14,17H,7-9H2,1H3,(H,20,21,24)/t12-,14?,17+/m0/s1. The Morgan fingerprint density at radius 3 is 3.04 bits per heavy atom. The fraction of sp³-hybridized carbons (Fsp3) is 0.368. The molecular weight excluding hydrogens is 352 g/mol. The molecule has 1 unspecified atom stereocenters. The lowest BCUT2D eigenvalue weighted by atomic mass is 10.0. The summed E-state index contributed by atoms with van der Waals surface area (Å²) in [7, 11) is 0. The van der Waals surface area contributed by atoms with E-state index in [0.29, 0.717) is 23.8 Å². The summed E-state index contributed by atoms with van der Waals surface area (Å²) >= 11 is 7.01. The van der Waals surface area contributed by atoms with Gasteiger partial charge in [-0.25, -0.2) is 4.98 Å². The summed E-state index contributed by atoms with van der Waals surface area (Å²) < 4.78 is 12.8. The number of fused-ring (bicyclic) bond motifs is 1. The lowest BCUT2D eigenvalue weighted by Crippen LogP contribution is -2.14. The van der Waals surface area contributed by atoms with E-state index in [4.69, 9.17) is 21.7 Å². The van der Waals surface area contributed by atoms with E-state index in [-0.39, 0.29) is 12.2 Å². The Hall–Kier alpha value is -1.60. The third-order valence-corrected chi connectivity index (χ3v) is 5.97. The van der Waals surface area contributed by atoms with Gasteiger partial charge < -0.3 is 14.5 Å². The zero-order valence-corrected chi connectivity index (χ0v) is 15.6. The minimum Gasteiger partial charge on any atom is -0.374 e. The Morgan fingerprint density at radius 2 is 2.20 bits per heavy atom. The van der Waals surface area contributed by atoms with Gasteiger partial charge in [0.25, 0.3) is 0 Å². The van der Waals surface area contributed by atoms with Crippen molar-refractivity contribution in [2.24, 2.45) is 5.92 Å². The second-order valence-electron chi connectivity index (χ2n) is 6.49. The van der Waals surface area contributed by atoms with Gasteiger partial charge in [0.2, 0.25) is 0 Å². The highest BCUT2D eigenvalue weighted by Crippen LogP contribution is 2.43. The van der Waals surface area contributed by atoms with E-state index in [0.717, 1.165) is 17.3 Å². The van der Waals surface area contributed by atoms with E-state index >= 15 is 0 Å². The van der Waals surface area contributed by atoms with Crippen LogP contribution in [0.3, 0.4) is 0 Å². The number of aromatic nitrogens is 2. The second-order valence-corrected chi connectivity index (χ2v) is 7.79. The maximum atomic E-state index is 6.31. The molecular formula is C19H20N2O2S2. The summed E-state index contributed by atoms with van der Waals surface area (Å²) in [5, 5.41) is 3.09. The molecule has 0 aliphatic carbocycles. The number of hydrogen-bond donors (Lipinski definition) is 1. The number of H-pyrrole nitrogens is 1. The van der Waals surface area contributed by atoms with Gasteiger partial charge in [-0.1, -0.05) is 49.5 Å². The highest BCUT2D eigenvalue weighted by molar-refractivity contribution is 7.71. The van der Waals surface area contributed by atoms with Crippen LogP contribution in [0, 0.1) is 10.6 Å². The molecule has 1 N–H and O–H groups in total. The molecule has 1 aromatic carbocycles. The van der Waals surface area contributed by atoms with Crippen LogP contribution in [0.4, 0.5) is 0 Å². The molecule has 1 aliphatic heterocycles. The van der Waals surface area contributed by atoms with Gasteiger partial charge in [-0.15, -0.1) is 11.3 Å². The van der Waals surface area contributed by atoms with Crippen LogP contribution in [-0.2, 0) is 16.1 Å². The molecule has 4 rings (SSSR count). The first-order chi connectivity index (χ1) is 12.2. The third kappa shape index (κ3) is 3.53. The van der Waals surface area contributed by atoms with Gasteiger partial charge >= 0.3 is 0 Å². The lowest BCUT2D eigenvalue weighted by Gasteiger charge is -2.15. The Balaban J connectivity index is 1.42. The fourth-order valence-corrected chi connectivity index (χ4v) is 4.83. The molecule has 1 fully saturated rings. The monoisotopic (exact) mass is 372 g/mol. The summed E-state index contributed by atoms with van der Waals surface area (Å²) in [6, 6.07) is 10.2. The Labute approximate surface area is 155 Å². The molecule has 130 valence electrons. The van der Waals surface area contributed by atoms with E-state index in [9.17, 15) is 0 Å². The molecule has 0 radical (unpaired) electrons. The van der Waals surface area contributed by atoms with Crippen LogP contribution in [0.5, 0.6) is 0 Å². The number of benzene rings is 1. The highest BCUT2D eigenvalue weighted by atomic mass is 32.1. The first-order valence-corrected chi connectivity index (χ1v) is 9.73. The van der Waals surface area contributed by atoms with Crippen LogP contribution >= 0.6 is 23.6 Å². The largest absolute Gasteiger partial charge is 0.374 e. The average Bonchev–Trinajstić information content (AvgIpc) is 3.20. The topological polar surface area (TPSA) is 47.1 Å². The summed E-state index contributed by atoms with van der Waals surface area (Å²) in [5.41, 5.74) is 2.25. The van der Waals surface area contributed by atoms with Gasteiger partial charge in [0.15, 0.2) is 0 Å². The van der Waals surface area contributed by atoms with Crippen molar-refractivity contribution in [1.82, 2.24) is 9.97 Å². The van der Waals surface area contributed by atoms with E-state index in [1.165, 1.54) is 10.4 Å². The smallest absolute Gasteiger partial charge is 0.138 e. The predicted octanol–water partition coefficient (Wildman–Crippen LogP) is 5.04. The minimum absolute atomic E-state index is 0.0841. The summed E-state index contributed by atoms with van der Waals surface area (Å²) in [6.45, 7) is 3.49. The maximum absolute atomic E-state index is 6.31. The molecule has 4 nitrogen and oxygen atoms in total. The van der Waals surface area contributed by atoms with Crippen molar-refractivity contribution in [3.8, 4) is 0 Å². The van der Waals surface area contributed by atoms with E-state index in [1.807, 2.05) is 18.2 Å². The van der Waals surface area contributed by atoms with Crippen LogP contribution in [0.2, 0.25) is 0 Å². The first-order valence-electron chi connectivity index (χ1n) is 8.44. The molecule has 0 spiro atoms. The SMILES string of the molecule is C[C@H]1CC(COCc2ccccc2)O[C@H]1c1scc2c(=S)nc[nH]c12. The van der Waals surface area contributed by atoms with Gasteiger partial charge in [-0.2, -0.15) is 0 Å². The number of ether oxygens (including phenoxy) is 2. The summed E-state index contributed by atoms with van der Waals surface area (Å²) in [6.07, 6.45) is 2.89. The summed E-state index contributed by atoms with van der Waals surface area (Å²) in [4.78, 5) is 8.60. The number of nitrogens with zero attached hydrogens (tertiary/aromatic N) is 1. The average molecular weight is 373 g/mol. The van der Waals surface area contributed by atoms with E-state index < -0.39 is 0 Å². The van der Waals surface area contributed by atoms with Crippen molar-refractivity contribution in [3.63, 3.8) is 0 Å². The van der Waals surface area contributed by atoms with Crippen LogP contribution in [0.15, 0.2) is 42.0 Å². The number of nitrogens with one attached hydrogen (secondary N) is 1. The molecule has 0 saturated carbocycles. The van der Waals surface area contributed by atoms with Crippen LogP contribution in [0.25, 0.3) is 10.9 Å².